The maximum Gasteiger partial charge on any atom is 0.210 e. The first-order chi connectivity index (χ1) is 8.19. The fraction of sp³-hybridized carbons (Fsp3) is 0.444. The van der Waals surface area contributed by atoms with Crippen molar-refractivity contribution < 1.29 is 0 Å². The van der Waals surface area contributed by atoms with E-state index in [9.17, 15) is 0 Å². The summed E-state index contributed by atoms with van der Waals surface area (Å²) in [4.78, 5) is 13.3. The third kappa shape index (κ3) is 3.06. The number of nitriles is 1. The first-order valence-electron chi connectivity index (χ1n) is 4.92. The van der Waals surface area contributed by atoms with Crippen molar-refractivity contribution >= 4 is 28.9 Å². The smallest absolute Gasteiger partial charge is 0.210 e. The summed E-state index contributed by atoms with van der Waals surface area (Å²) in [7, 11) is 1.97. The monoisotopic (exact) mass is 270 g/mol. The minimum absolute atomic E-state index is 0.525. The van der Waals surface area contributed by atoms with Crippen molar-refractivity contribution in [3.8, 4) is 6.19 Å². The SMILES string of the molecule is CN1CN=C(NC#N)N(Cc2cnc(Cl)s2)C1. The number of guanidine groups is 1. The van der Waals surface area contributed by atoms with Crippen LogP contribution in [0.4, 0.5) is 0 Å². The lowest BCUT2D eigenvalue weighted by Crippen LogP contribution is -2.48. The second-order valence-electron chi connectivity index (χ2n) is 3.63. The van der Waals surface area contributed by atoms with E-state index in [1.54, 1.807) is 6.20 Å². The van der Waals surface area contributed by atoms with Gasteiger partial charge in [0.1, 0.15) is 0 Å². The van der Waals surface area contributed by atoms with Crippen molar-refractivity contribution in [3.05, 3.63) is 15.5 Å². The molecule has 2 rings (SSSR count). The van der Waals surface area contributed by atoms with Gasteiger partial charge in [0, 0.05) is 11.1 Å². The highest BCUT2D eigenvalue weighted by molar-refractivity contribution is 7.15. The van der Waals surface area contributed by atoms with E-state index >= 15 is 0 Å². The third-order valence-electron chi connectivity index (χ3n) is 2.21. The molecule has 0 atom stereocenters. The largest absolute Gasteiger partial charge is 0.324 e. The molecule has 1 N–H and O–H groups in total. The van der Waals surface area contributed by atoms with Crippen molar-refractivity contribution in [1.29, 1.82) is 5.26 Å². The van der Waals surface area contributed by atoms with Crippen LogP contribution in [0.2, 0.25) is 4.47 Å². The van der Waals surface area contributed by atoms with Crippen LogP contribution in [0.3, 0.4) is 0 Å². The van der Waals surface area contributed by atoms with Gasteiger partial charge in [-0.25, -0.2) is 9.98 Å². The Morgan fingerprint density at radius 2 is 2.53 bits per heavy atom. The molecule has 0 spiro atoms. The zero-order chi connectivity index (χ0) is 12.3. The molecule has 0 aromatic carbocycles. The Balaban J connectivity index is 2.09. The number of aliphatic imine (C=N–C) groups is 1. The Morgan fingerprint density at radius 3 is 3.18 bits per heavy atom. The predicted molar refractivity (Wildman–Crippen MR) is 66.3 cm³/mol. The topological polar surface area (TPSA) is 67.6 Å². The van der Waals surface area contributed by atoms with Crippen LogP contribution in [0.25, 0.3) is 0 Å². The summed E-state index contributed by atoms with van der Waals surface area (Å²) in [6, 6.07) is 0. The van der Waals surface area contributed by atoms with Gasteiger partial charge >= 0.3 is 0 Å². The fourth-order valence-corrected chi connectivity index (χ4v) is 2.52. The minimum Gasteiger partial charge on any atom is -0.324 e. The molecule has 0 saturated carbocycles. The van der Waals surface area contributed by atoms with Gasteiger partial charge in [-0.1, -0.05) is 11.6 Å². The van der Waals surface area contributed by atoms with Gasteiger partial charge in [0.2, 0.25) is 5.96 Å². The fourth-order valence-electron chi connectivity index (χ4n) is 1.53. The van der Waals surface area contributed by atoms with Gasteiger partial charge in [-0.2, -0.15) is 5.26 Å². The molecule has 0 aliphatic carbocycles. The van der Waals surface area contributed by atoms with Crippen LogP contribution < -0.4 is 5.32 Å². The molecule has 8 heteroatoms. The molecule has 0 unspecified atom stereocenters. The summed E-state index contributed by atoms with van der Waals surface area (Å²) in [6.45, 7) is 1.94. The molecule has 1 aromatic rings. The van der Waals surface area contributed by atoms with Gasteiger partial charge in [0.05, 0.1) is 19.9 Å². The molecule has 1 aromatic heterocycles. The zero-order valence-electron chi connectivity index (χ0n) is 9.22. The molecule has 0 bridgehead atoms. The molecule has 0 radical (unpaired) electrons. The maximum atomic E-state index is 8.66. The van der Waals surface area contributed by atoms with Crippen molar-refractivity contribution in [2.75, 3.05) is 20.4 Å². The number of nitrogens with zero attached hydrogens (tertiary/aromatic N) is 5. The quantitative estimate of drug-likeness (QED) is 0.638. The van der Waals surface area contributed by atoms with Crippen LogP contribution in [0, 0.1) is 11.5 Å². The Morgan fingerprint density at radius 1 is 1.71 bits per heavy atom. The van der Waals surface area contributed by atoms with Gasteiger partial charge in [-0.15, -0.1) is 11.3 Å². The van der Waals surface area contributed by atoms with Crippen molar-refractivity contribution in [3.63, 3.8) is 0 Å². The van der Waals surface area contributed by atoms with E-state index in [1.165, 1.54) is 11.3 Å². The van der Waals surface area contributed by atoms with Crippen LogP contribution >= 0.6 is 22.9 Å². The normalized spacial score (nSPS) is 16.5. The summed E-state index contributed by atoms with van der Waals surface area (Å²) in [5, 5.41) is 11.2. The summed E-state index contributed by atoms with van der Waals surface area (Å²) in [6.07, 6.45) is 3.64. The minimum atomic E-state index is 0.525. The maximum absolute atomic E-state index is 8.66. The highest BCUT2D eigenvalue weighted by Crippen LogP contribution is 2.20. The lowest BCUT2D eigenvalue weighted by Gasteiger charge is -2.32. The van der Waals surface area contributed by atoms with E-state index in [1.807, 2.05) is 23.0 Å². The third-order valence-corrected chi connectivity index (χ3v) is 3.31. The average molecular weight is 271 g/mol. The molecule has 17 heavy (non-hydrogen) atoms. The number of halogens is 1. The lowest BCUT2D eigenvalue weighted by atomic mass is 10.4. The molecule has 0 amide bonds. The first kappa shape index (κ1) is 12.1. The van der Waals surface area contributed by atoms with Crippen LogP contribution in [-0.4, -0.2) is 41.1 Å². The Kier molecular flexibility index (Phi) is 3.78. The summed E-state index contributed by atoms with van der Waals surface area (Å²) in [5.74, 6) is 0.593. The van der Waals surface area contributed by atoms with Crippen LogP contribution in [0.5, 0.6) is 0 Å². The number of rotatable bonds is 2. The Hall–Kier alpha value is -1.36. The van der Waals surface area contributed by atoms with Crippen LogP contribution in [0.1, 0.15) is 4.88 Å². The van der Waals surface area contributed by atoms with E-state index in [0.717, 1.165) is 4.88 Å². The van der Waals surface area contributed by atoms with Crippen LogP contribution in [-0.2, 0) is 6.54 Å². The molecule has 0 fully saturated rings. The first-order valence-corrected chi connectivity index (χ1v) is 6.11. The molecule has 0 saturated heterocycles. The van der Waals surface area contributed by atoms with E-state index in [4.69, 9.17) is 16.9 Å². The van der Waals surface area contributed by atoms with Gasteiger partial charge in [-0.05, 0) is 7.05 Å². The molecule has 2 heterocycles. The standard InChI is InChI=1S/C9H11ClN6S/c1-15-5-14-9(13-4-11)16(6-15)3-7-2-12-8(10)17-7/h2H,3,5-6H2,1H3,(H,13,14). The van der Waals surface area contributed by atoms with Crippen LogP contribution in [0.15, 0.2) is 11.2 Å². The van der Waals surface area contributed by atoms with Crippen molar-refractivity contribution in [2.45, 2.75) is 6.54 Å². The van der Waals surface area contributed by atoms with Crippen molar-refractivity contribution in [2.24, 2.45) is 4.99 Å². The average Bonchev–Trinajstić information content (AvgIpc) is 2.68. The number of hydrogen-bond donors (Lipinski definition) is 1. The Labute approximate surface area is 108 Å². The van der Waals surface area contributed by atoms with Crippen molar-refractivity contribution in [1.82, 2.24) is 20.1 Å². The lowest BCUT2D eigenvalue weighted by molar-refractivity contribution is 0.198. The van der Waals surface area contributed by atoms with Gasteiger partial charge in [-0.3, -0.25) is 10.2 Å². The number of nitrogens with one attached hydrogen (secondary N) is 1. The highest BCUT2D eigenvalue weighted by atomic mass is 35.5. The molecule has 1 aliphatic heterocycles. The van der Waals surface area contributed by atoms with E-state index in [-0.39, 0.29) is 0 Å². The van der Waals surface area contributed by atoms with E-state index in [0.29, 0.717) is 30.3 Å². The number of hydrogen-bond acceptors (Lipinski definition) is 7. The molecular formula is C9H11ClN6S. The van der Waals surface area contributed by atoms with Gasteiger partial charge < -0.3 is 4.90 Å². The summed E-state index contributed by atoms with van der Waals surface area (Å²) < 4.78 is 0.525. The molecule has 1 aliphatic rings. The number of aromatic nitrogens is 1. The molecule has 6 nitrogen and oxygen atoms in total. The zero-order valence-corrected chi connectivity index (χ0v) is 10.8. The van der Waals surface area contributed by atoms with E-state index < -0.39 is 0 Å². The second-order valence-corrected chi connectivity index (χ2v) is 5.33. The predicted octanol–water partition coefficient (Wildman–Crippen LogP) is 0.886. The highest BCUT2D eigenvalue weighted by Gasteiger charge is 2.19. The second kappa shape index (κ2) is 5.31. The molecule has 90 valence electrons. The van der Waals surface area contributed by atoms with Gasteiger partial charge in [0.25, 0.3) is 0 Å². The Bertz CT molecular complexity index is 464. The summed E-state index contributed by atoms with van der Waals surface area (Å²) in [5.41, 5.74) is 0. The molecular weight excluding hydrogens is 260 g/mol. The van der Waals surface area contributed by atoms with Gasteiger partial charge in [0.15, 0.2) is 10.7 Å². The summed E-state index contributed by atoms with van der Waals surface area (Å²) >= 11 is 7.22. The number of thiazole rings is 1. The van der Waals surface area contributed by atoms with E-state index in [2.05, 4.69) is 15.3 Å².